The van der Waals surface area contributed by atoms with E-state index in [1.165, 1.54) is 16.7 Å². The Labute approximate surface area is 173 Å². The molecule has 4 aromatic heterocycles. The zero-order valence-corrected chi connectivity index (χ0v) is 16.7. The first-order valence-corrected chi connectivity index (χ1v) is 10.6. The third-order valence-electron chi connectivity index (χ3n) is 5.06. The maximum Gasteiger partial charge on any atom is 0.137 e. The number of nitrogens with one attached hydrogen (secondary N) is 1. The van der Waals surface area contributed by atoms with Gasteiger partial charge in [0.2, 0.25) is 0 Å². The number of fused-ring (bicyclic) bond motifs is 1. The number of nitrogens with zero attached hydrogens (tertiary/aromatic N) is 3. The molecule has 4 nitrogen and oxygen atoms in total. The summed E-state index contributed by atoms with van der Waals surface area (Å²) in [5.74, 6) is 0. The molecule has 1 aromatic carbocycles. The zero-order chi connectivity index (χ0) is 19.5. The number of thiazole rings is 1. The van der Waals surface area contributed by atoms with Gasteiger partial charge in [-0.25, -0.2) is 9.97 Å². The average molecular weight is 397 g/mol. The van der Waals surface area contributed by atoms with Crippen LogP contribution in [0.25, 0.3) is 32.9 Å². The van der Waals surface area contributed by atoms with E-state index in [2.05, 4.69) is 56.7 Å². The number of hydrogen-bond acceptors (Lipinski definition) is 4. The maximum absolute atomic E-state index is 4.90. The van der Waals surface area contributed by atoms with Gasteiger partial charge in [0.25, 0.3) is 0 Å². The maximum atomic E-state index is 4.90. The van der Waals surface area contributed by atoms with Gasteiger partial charge < -0.3 is 4.98 Å². The van der Waals surface area contributed by atoms with E-state index >= 15 is 0 Å². The van der Waals surface area contributed by atoms with Gasteiger partial charge in [-0.15, -0.1) is 11.3 Å². The Hall–Kier alpha value is -3.31. The molecule has 5 heteroatoms. The van der Waals surface area contributed by atoms with Crippen LogP contribution in [0.1, 0.15) is 17.5 Å². The Kier molecular flexibility index (Phi) is 4.88. The minimum atomic E-state index is 0.898. The highest BCUT2D eigenvalue weighted by molar-refractivity contribution is 7.13. The van der Waals surface area contributed by atoms with Crippen molar-refractivity contribution in [2.24, 2.45) is 0 Å². The lowest BCUT2D eigenvalue weighted by Gasteiger charge is -2.04. The van der Waals surface area contributed by atoms with Crippen molar-refractivity contribution in [3.63, 3.8) is 0 Å². The molecule has 0 spiro atoms. The van der Waals surface area contributed by atoms with Gasteiger partial charge in [0.15, 0.2) is 0 Å². The highest BCUT2D eigenvalue weighted by Crippen LogP contribution is 2.33. The van der Waals surface area contributed by atoms with E-state index in [1.807, 2.05) is 30.7 Å². The van der Waals surface area contributed by atoms with Crippen LogP contribution in [0.15, 0.2) is 78.7 Å². The van der Waals surface area contributed by atoms with Crippen molar-refractivity contribution in [2.75, 3.05) is 0 Å². The van der Waals surface area contributed by atoms with Gasteiger partial charge >= 0.3 is 0 Å². The Bertz CT molecular complexity index is 1240. The molecule has 0 unspecified atom stereocenters. The zero-order valence-electron chi connectivity index (χ0n) is 15.9. The molecule has 0 aliphatic heterocycles. The van der Waals surface area contributed by atoms with Gasteiger partial charge in [0.05, 0.1) is 5.69 Å². The monoisotopic (exact) mass is 396 g/mol. The fourth-order valence-corrected chi connectivity index (χ4v) is 4.45. The molecular formula is C24H20N4S. The Morgan fingerprint density at radius 1 is 0.931 bits per heavy atom. The number of aromatic amines is 1. The highest BCUT2D eigenvalue weighted by atomic mass is 32.1. The third kappa shape index (κ3) is 3.82. The molecule has 0 radical (unpaired) electrons. The summed E-state index contributed by atoms with van der Waals surface area (Å²) < 4.78 is 0. The van der Waals surface area contributed by atoms with E-state index in [0.717, 1.165) is 46.6 Å². The number of benzene rings is 1. The number of hydrogen-bond donors (Lipinski definition) is 1. The summed E-state index contributed by atoms with van der Waals surface area (Å²) in [6.07, 6.45) is 10.8. The molecule has 0 aliphatic rings. The third-order valence-corrected chi connectivity index (χ3v) is 5.94. The largest absolute Gasteiger partial charge is 0.345 e. The average Bonchev–Trinajstić information content (AvgIpc) is 3.42. The van der Waals surface area contributed by atoms with Crippen LogP contribution >= 0.6 is 11.3 Å². The van der Waals surface area contributed by atoms with Crippen LogP contribution in [-0.2, 0) is 12.8 Å². The predicted octanol–water partition coefficient (Wildman–Crippen LogP) is 5.92. The summed E-state index contributed by atoms with van der Waals surface area (Å²) in [6, 6.07) is 16.9. The van der Waals surface area contributed by atoms with Gasteiger partial charge in [-0.05, 0) is 54.7 Å². The first kappa shape index (κ1) is 17.8. The molecule has 0 bridgehead atoms. The Morgan fingerprint density at radius 2 is 1.83 bits per heavy atom. The van der Waals surface area contributed by atoms with Crippen molar-refractivity contribution in [1.29, 1.82) is 0 Å². The number of H-pyrrole nitrogens is 1. The van der Waals surface area contributed by atoms with Crippen LogP contribution in [0, 0.1) is 0 Å². The molecule has 1 N–H and O–H groups in total. The first-order valence-electron chi connectivity index (χ1n) is 9.73. The number of rotatable bonds is 6. The van der Waals surface area contributed by atoms with Gasteiger partial charge in [-0.3, -0.25) is 4.98 Å². The molecule has 5 aromatic rings. The van der Waals surface area contributed by atoms with Crippen LogP contribution in [-0.4, -0.2) is 19.9 Å². The summed E-state index contributed by atoms with van der Waals surface area (Å²) in [5, 5.41) is 4.26. The number of aryl methyl sites for hydroxylation is 2. The van der Waals surface area contributed by atoms with Gasteiger partial charge in [-0.2, -0.15) is 0 Å². The molecule has 0 aliphatic carbocycles. The fourth-order valence-electron chi connectivity index (χ4n) is 3.59. The molecule has 0 saturated heterocycles. The number of aromatic nitrogens is 4. The topological polar surface area (TPSA) is 54.5 Å². The number of pyridine rings is 2. The van der Waals surface area contributed by atoms with E-state index in [0.29, 0.717) is 0 Å². The lowest BCUT2D eigenvalue weighted by atomic mass is 10.0. The predicted molar refractivity (Wildman–Crippen MR) is 119 cm³/mol. The Balaban J connectivity index is 1.33. The quantitative estimate of drug-likeness (QED) is 0.387. The molecule has 29 heavy (non-hydrogen) atoms. The minimum Gasteiger partial charge on any atom is -0.345 e. The van der Waals surface area contributed by atoms with Crippen molar-refractivity contribution in [3.05, 3.63) is 89.8 Å². The molecule has 0 amide bonds. The normalized spacial score (nSPS) is 11.2. The van der Waals surface area contributed by atoms with Crippen molar-refractivity contribution < 1.29 is 0 Å². The van der Waals surface area contributed by atoms with Crippen molar-refractivity contribution >= 4 is 22.4 Å². The summed E-state index contributed by atoms with van der Waals surface area (Å²) in [4.78, 5) is 16.7. The van der Waals surface area contributed by atoms with Crippen LogP contribution < -0.4 is 0 Å². The molecule has 5 rings (SSSR count). The molecule has 0 atom stereocenters. The molecule has 142 valence electrons. The van der Waals surface area contributed by atoms with Crippen molar-refractivity contribution in [1.82, 2.24) is 19.9 Å². The lowest BCUT2D eigenvalue weighted by Crippen LogP contribution is -1.91. The Morgan fingerprint density at radius 3 is 2.76 bits per heavy atom. The van der Waals surface area contributed by atoms with E-state index in [-0.39, 0.29) is 0 Å². The lowest BCUT2D eigenvalue weighted by molar-refractivity contribution is 0.817. The van der Waals surface area contributed by atoms with E-state index in [1.54, 1.807) is 17.5 Å². The van der Waals surface area contributed by atoms with Gasteiger partial charge in [0, 0.05) is 46.7 Å². The van der Waals surface area contributed by atoms with Gasteiger partial charge in [-0.1, -0.05) is 24.3 Å². The van der Waals surface area contributed by atoms with E-state index in [4.69, 9.17) is 4.98 Å². The SMILES string of the molecule is c1cncc(CCCc2cccc(-c3csc(-c4c[nH]c5ncccc45)n3)c2)c1. The standard InChI is InChI=1S/C24H20N4S/c1(7-18-8-3-11-25-14-18)5-17-6-2-9-19(13-17)22-16-29-24(28-22)21-15-27-23-20(21)10-4-12-26-23/h2-4,6,8-16H,1,5,7H2,(H,26,27). The van der Waals surface area contributed by atoms with E-state index in [9.17, 15) is 0 Å². The minimum absolute atomic E-state index is 0.898. The van der Waals surface area contributed by atoms with Crippen LogP contribution in [0.4, 0.5) is 0 Å². The molecule has 0 fully saturated rings. The summed E-state index contributed by atoms with van der Waals surface area (Å²) in [5.41, 5.74) is 6.84. The summed E-state index contributed by atoms with van der Waals surface area (Å²) in [7, 11) is 0. The smallest absolute Gasteiger partial charge is 0.137 e. The second-order valence-corrected chi connectivity index (χ2v) is 7.91. The highest BCUT2D eigenvalue weighted by Gasteiger charge is 2.12. The summed E-state index contributed by atoms with van der Waals surface area (Å²) >= 11 is 1.67. The summed E-state index contributed by atoms with van der Waals surface area (Å²) in [6.45, 7) is 0. The van der Waals surface area contributed by atoms with Gasteiger partial charge in [0.1, 0.15) is 10.7 Å². The first-order chi connectivity index (χ1) is 14.4. The molecule has 4 heterocycles. The van der Waals surface area contributed by atoms with Crippen LogP contribution in [0.5, 0.6) is 0 Å². The van der Waals surface area contributed by atoms with Crippen LogP contribution in [0.2, 0.25) is 0 Å². The second-order valence-electron chi connectivity index (χ2n) is 7.06. The van der Waals surface area contributed by atoms with Crippen molar-refractivity contribution in [2.45, 2.75) is 19.3 Å². The van der Waals surface area contributed by atoms with Crippen LogP contribution in [0.3, 0.4) is 0 Å². The molecular weight excluding hydrogens is 376 g/mol. The van der Waals surface area contributed by atoms with E-state index < -0.39 is 0 Å². The molecule has 0 saturated carbocycles. The van der Waals surface area contributed by atoms with Crippen molar-refractivity contribution in [3.8, 4) is 21.8 Å². The fraction of sp³-hybridized carbons (Fsp3) is 0.125. The second kappa shape index (κ2) is 7.97.